The minimum Gasteiger partial charge on any atom is -0.489 e. The van der Waals surface area contributed by atoms with Gasteiger partial charge in [-0.1, -0.05) is 6.07 Å². The monoisotopic (exact) mass is 398 g/mol. The van der Waals surface area contributed by atoms with Crippen molar-refractivity contribution >= 4 is 38.4 Å². The van der Waals surface area contributed by atoms with Gasteiger partial charge < -0.3 is 13.9 Å². The van der Waals surface area contributed by atoms with Crippen LogP contribution in [0, 0.1) is 5.82 Å². The fraction of sp³-hybridized carbons (Fsp3) is 0.143. The molecule has 142 valence electrons. The highest BCUT2D eigenvalue weighted by Gasteiger charge is 2.22. The summed E-state index contributed by atoms with van der Waals surface area (Å²) in [6.45, 7) is 1.90. The molecule has 5 nitrogen and oxygen atoms in total. The summed E-state index contributed by atoms with van der Waals surface area (Å²) in [5.74, 6) is -0.494. The van der Waals surface area contributed by atoms with Gasteiger partial charge in [0.25, 0.3) is 0 Å². The first-order chi connectivity index (χ1) is 13.6. The third-order valence-electron chi connectivity index (χ3n) is 4.20. The number of hydrogen-bond donors (Lipinski definition) is 0. The Kier molecular flexibility index (Phi) is 4.83. The van der Waals surface area contributed by atoms with Crippen LogP contribution < -0.4 is 10.4 Å². The second-order valence-corrected chi connectivity index (χ2v) is 7.04. The highest BCUT2D eigenvalue weighted by atomic mass is 32.1. The summed E-state index contributed by atoms with van der Waals surface area (Å²) < 4.78 is 31.1. The van der Waals surface area contributed by atoms with Crippen molar-refractivity contribution in [2.75, 3.05) is 6.61 Å². The number of hydrogen-bond acceptors (Lipinski definition) is 6. The van der Waals surface area contributed by atoms with Crippen molar-refractivity contribution in [1.82, 2.24) is 0 Å². The third kappa shape index (κ3) is 3.36. The Morgan fingerprint density at radius 3 is 2.82 bits per heavy atom. The molecule has 0 N–H and O–H groups in total. The van der Waals surface area contributed by atoms with Gasteiger partial charge in [-0.05, 0) is 37.3 Å². The van der Waals surface area contributed by atoms with Crippen molar-refractivity contribution in [2.45, 2.75) is 13.5 Å². The van der Waals surface area contributed by atoms with E-state index < -0.39 is 17.4 Å². The van der Waals surface area contributed by atoms with Crippen molar-refractivity contribution in [3.63, 3.8) is 0 Å². The Bertz CT molecular complexity index is 1240. The van der Waals surface area contributed by atoms with Gasteiger partial charge in [-0.15, -0.1) is 11.3 Å². The molecule has 0 saturated heterocycles. The van der Waals surface area contributed by atoms with Gasteiger partial charge in [-0.3, -0.25) is 0 Å². The molecule has 0 radical (unpaired) electrons. The Morgan fingerprint density at radius 2 is 2.00 bits per heavy atom. The number of fused-ring (bicyclic) bond motifs is 2. The lowest BCUT2D eigenvalue weighted by Gasteiger charge is -2.09. The zero-order valence-corrected chi connectivity index (χ0v) is 15.7. The minimum atomic E-state index is -0.508. The molecule has 0 bridgehead atoms. The van der Waals surface area contributed by atoms with E-state index in [4.69, 9.17) is 13.9 Å². The van der Waals surface area contributed by atoms with E-state index in [1.165, 1.54) is 23.5 Å². The Labute approximate surface area is 162 Å². The van der Waals surface area contributed by atoms with Crippen LogP contribution in [0.3, 0.4) is 0 Å². The number of halogens is 1. The summed E-state index contributed by atoms with van der Waals surface area (Å²) in [4.78, 5) is 24.0. The summed E-state index contributed by atoms with van der Waals surface area (Å²) in [5.41, 5.74) is 0.364. The number of rotatable bonds is 5. The molecule has 2 aromatic heterocycles. The van der Waals surface area contributed by atoms with Gasteiger partial charge in [0.1, 0.15) is 28.6 Å². The maximum Gasteiger partial charge on any atom is 0.348 e. The molecule has 4 rings (SSSR count). The van der Waals surface area contributed by atoms with Crippen LogP contribution in [0.5, 0.6) is 5.75 Å². The highest BCUT2D eigenvalue weighted by Crippen LogP contribution is 2.34. The smallest absolute Gasteiger partial charge is 0.348 e. The van der Waals surface area contributed by atoms with Gasteiger partial charge in [0.2, 0.25) is 0 Å². The number of thiophene rings is 1. The molecule has 0 spiro atoms. The molecule has 7 heteroatoms. The van der Waals surface area contributed by atoms with E-state index >= 15 is 0 Å². The van der Waals surface area contributed by atoms with Crippen molar-refractivity contribution in [3.8, 4) is 5.75 Å². The Balaban J connectivity index is 1.71. The van der Waals surface area contributed by atoms with Crippen molar-refractivity contribution in [1.29, 1.82) is 0 Å². The summed E-state index contributed by atoms with van der Waals surface area (Å²) in [6.07, 6.45) is 0. The fourth-order valence-corrected chi connectivity index (χ4v) is 4.07. The van der Waals surface area contributed by atoms with Gasteiger partial charge in [0, 0.05) is 33.2 Å². The van der Waals surface area contributed by atoms with Crippen molar-refractivity contribution < 1.29 is 23.1 Å². The van der Waals surface area contributed by atoms with E-state index in [0.717, 1.165) is 5.39 Å². The molecule has 0 fully saturated rings. The van der Waals surface area contributed by atoms with Crippen LogP contribution in [0.25, 0.3) is 21.1 Å². The predicted octanol–water partition coefficient (Wildman–Crippen LogP) is 4.90. The van der Waals surface area contributed by atoms with Gasteiger partial charge in [-0.25, -0.2) is 14.0 Å². The van der Waals surface area contributed by atoms with Crippen LogP contribution in [0.1, 0.15) is 22.2 Å². The Hall–Kier alpha value is -3.19. The molecule has 28 heavy (non-hydrogen) atoms. The lowest BCUT2D eigenvalue weighted by Crippen LogP contribution is -2.07. The molecular weight excluding hydrogens is 383 g/mol. The maximum absolute atomic E-state index is 14.4. The number of carbonyl (C=O) groups excluding carboxylic acids is 1. The lowest BCUT2D eigenvalue weighted by atomic mass is 10.1. The second-order valence-electron chi connectivity index (χ2n) is 5.99. The average molecular weight is 398 g/mol. The van der Waals surface area contributed by atoms with Crippen LogP contribution in [-0.4, -0.2) is 12.6 Å². The van der Waals surface area contributed by atoms with Crippen LogP contribution in [0.15, 0.2) is 57.7 Å². The molecule has 0 aliphatic rings. The molecule has 0 aliphatic carbocycles. The molecule has 0 unspecified atom stereocenters. The zero-order valence-electron chi connectivity index (χ0n) is 14.9. The summed E-state index contributed by atoms with van der Waals surface area (Å²) >= 11 is 1.17. The molecule has 0 atom stereocenters. The maximum atomic E-state index is 14.4. The second kappa shape index (κ2) is 7.44. The summed E-state index contributed by atoms with van der Waals surface area (Å²) in [5, 5.41) is 1.11. The quantitative estimate of drug-likeness (QED) is 0.353. The molecule has 0 saturated carbocycles. The predicted molar refractivity (Wildman–Crippen MR) is 105 cm³/mol. The highest BCUT2D eigenvalue weighted by molar-refractivity contribution is 7.21. The van der Waals surface area contributed by atoms with Gasteiger partial charge in [-0.2, -0.15) is 0 Å². The van der Waals surface area contributed by atoms with Crippen LogP contribution in [-0.2, 0) is 11.3 Å². The van der Waals surface area contributed by atoms with E-state index in [2.05, 4.69) is 0 Å². The number of esters is 1. The van der Waals surface area contributed by atoms with Gasteiger partial charge in [0.05, 0.1) is 6.61 Å². The largest absolute Gasteiger partial charge is 0.489 e. The molecule has 2 heterocycles. The number of carbonyl (C=O) groups is 1. The minimum absolute atomic E-state index is 0.0301. The zero-order chi connectivity index (χ0) is 19.7. The summed E-state index contributed by atoms with van der Waals surface area (Å²) in [7, 11) is 0. The molecule has 2 aromatic carbocycles. The molecule has 0 amide bonds. The third-order valence-corrected chi connectivity index (χ3v) is 5.38. The standard InChI is InChI=1S/C21H15FO5S/c1-2-25-21(24)20-14(19-15(22)4-3-5-17(19)28-20)11-26-13-8-6-12-7-9-18(23)27-16(12)10-13/h3-10H,2,11H2,1H3. The molecule has 4 aromatic rings. The normalized spacial score (nSPS) is 11.1. The topological polar surface area (TPSA) is 65.7 Å². The first-order valence-corrected chi connectivity index (χ1v) is 9.42. The SMILES string of the molecule is CCOC(=O)c1sc2cccc(F)c2c1COc1ccc2ccc(=O)oc2c1. The average Bonchev–Trinajstić information content (AvgIpc) is 3.06. The van der Waals surface area contributed by atoms with Crippen LogP contribution in [0.2, 0.25) is 0 Å². The Morgan fingerprint density at radius 1 is 1.18 bits per heavy atom. The molecular formula is C21H15FO5S. The lowest BCUT2D eigenvalue weighted by molar-refractivity contribution is 0.0529. The van der Waals surface area contributed by atoms with Gasteiger partial charge >= 0.3 is 11.6 Å². The number of benzene rings is 2. The number of ether oxygens (including phenoxy) is 2. The first-order valence-electron chi connectivity index (χ1n) is 8.60. The van der Waals surface area contributed by atoms with Crippen molar-refractivity contribution in [3.05, 3.63) is 75.2 Å². The van der Waals surface area contributed by atoms with E-state index in [1.54, 1.807) is 43.3 Å². The van der Waals surface area contributed by atoms with E-state index in [0.29, 0.717) is 31.9 Å². The van der Waals surface area contributed by atoms with E-state index in [-0.39, 0.29) is 13.2 Å². The van der Waals surface area contributed by atoms with Crippen LogP contribution >= 0.6 is 11.3 Å². The van der Waals surface area contributed by atoms with Crippen molar-refractivity contribution in [2.24, 2.45) is 0 Å². The first kappa shape index (κ1) is 18.2. The van der Waals surface area contributed by atoms with Crippen LogP contribution in [0.4, 0.5) is 4.39 Å². The summed E-state index contributed by atoms with van der Waals surface area (Å²) in [6, 6.07) is 12.8. The van der Waals surface area contributed by atoms with E-state index in [1.807, 2.05) is 0 Å². The van der Waals surface area contributed by atoms with Gasteiger partial charge in [0.15, 0.2) is 0 Å². The van der Waals surface area contributed by atoms with E-state index in [9.17, 15) is 14.0 Å². The fourth-order valence-electron chi connectivity index (χ4n) is 2.95. The molecule has 0 aliphatic heterocycles.